The smallest absolute Gasteiger partial charge is 0.257 e. The van der Waals surface area contributed by atoms with Crippen LogP contribution >= 0.6 is 34.5 Å². The lowest BCUT2D eigenvalue weighted by Gasteiger charge is -2.34. The number of carbonyl (C=O) groups is 1. The van der Waals surface area contributed by atoms with Gasteiger partial charge in [0.25, 0.3) is 15.9 Å². The van der Waals surface area contributed by atoms with Gasteiger partial charge in [-0.2, -0.15) is 4.31 Å². The summed E-state index contributed by atoms with van der Waals surface area (Å²) >= 11 is 13.0. The molecule has 152 valence electrons. The second-order valence-corrected chi connectivity index (χ2v) is 10.9. The van der Waals surface area contributed by atoms with Crippen molar-refractivity contribution in [2.75, 3.05) is 26.2 Å². The summed E-state index contributed by atoms with van der Waals surface area (Å²) in [5.74, 6) is 0.238. The number of benzene rings is 1. The first-order valence-corrected chi connectivity index (χ1v) is 11.7. The number of carbonyl (C=O) groups excluding carboxylic acids is 1. The summed E-state index contributed by atoms with van der Waals surface area (Å²) in [7, 11) is -3.60. The van der Waals surface area contributed by atoms with Gasteiger partial charge in [-0.15, -0.1) is 11.3 Å². The van der Waals surface area contributed by atoms with Crippen LogP contribution in [0.1, 0.15) is 24.2 Å². The van der Waals surface area contributed by atoms with Crippen LogP contribution in [0.2, 0.25) is 9.36 Å². The minimum Gasteiger partial charge on any atom is -0.490 e. The van der Waals surface area contributed by atoms with Crippen molar-refractivity contribution in [2.45, 2.75) is 24.2 Å². The Morgan fingerprint density at radius 3 is 2.36 bits per heavy atom. The van der Waals surface area contributed by atoms with Gasteiger partial charge in [-0.25, -0.2) is 8.42 Å². The molecule has 2 heterocycles. The predicted octanol–water partition coefficient (Wildman–Crippen LogP) is 3.99. The zero-order valence-corrected chi connectivity index (χ0v) is 18.5. The van der Waals surface area contributed by atoms with E-state index >= 15 is 0 Å². The molecule has 0 atom stereocenters. The number of rotatable bonds is 5. The normalized spacial score (nSPS) is 15.8. The fourth-order valence-electron chi connectivity index (χ4n) is 2.89. The Balaban J connectivity index is 1.73. The van der Waals surface area contributed by atoms with Crippen molar-refractivity contribution in [1.29, 1.82) is 0 Å². The number of thiophene rings is 1. The number of halogens is 2. The second kappa shape index (κ2) is 8.59. The summed E-state index contributed by atoms with van der Waals surface area (Å²) in [5.41, 5.74) is 0.377. The van der Waals surface area contributed by atoms with Crippen molar-refractivity contribution in [3.05, 3.63) is 45.3 Å². The molecule has 10 heteroatoms. The number of hydrogen-bond donors (Lipinski definition) is 0. The first kappa shape index (κ1) is 21.4. The van der Waals surface area contributed by atoms with Gasteiger partial charge < -0.3 is 9.64 Å². The molecule has 0 saturated carbocycles. The zero-order valence-electron chi connectivity index (χ0n) is 15.4. The summed E-state index contributed by atoms with van der Waals surface area (Å²) in [5, 5.41) is 0.440. The largest absolute Gasteiger partial charge is 0.490 e. The van der Waals surface area contributed by atoms with Crippen LogP contribution in [-0.2, 0) is 10.0 Å². The molecule has 0 aliphatic carbocycles. The third kappa shape index (κ3) is 4.63. The molecular weight excluding hydrogens is 443 g/mol. The van der Waals surface area contributed by atoms with Crippen LogP contribution in [0.25, 0.3) is 0 Å². The van der Waals surface area contributed by atoms with E-state index in [-0.39, 0.29) is 42.4 Å². The monoisotopic (exact) mass is 462 g/mol. The summed E-state index contributed by atoms with van der Waals surface area (Å²) in [6.07, 6.45) is -0.0904. The first-order chi connectivity index (χ1) is 13.2. The molecule has 2 aromatic rings. The van der Waals surface area contributed by atoms with Gasteiger partial charge in [0.05, 0.1) is 16.0 Å². The molecule has 0 radical (unpaired) electrons. The highest BCUT2D eigenvalue weighted by Crippen LogP contribution is 2.29. The topological polar surface area (TPSA) is 66.9 Å². The molecule has 1 aromatic heterocycles. The van der Waals surface area contributed by atoms with Crippen molar-refractivity contribution < 1.29 is 17.9 Å². The van der Waals surface area contributed by atoms with Crippen LogP contribution in [0, 0.1) is 0 Å². The van der Waals surface area contributed by atoms with E-state index in [1.54, 1.807) is 29.2 Å². The van der Waals surface area contributed by atoms with Gasteiger partial charge >= 0.3 is 0 Å². The maximum atomic E-state index is 13.0. The number of ether oxygens (including phenoxy) is 1. The van der Waals surface area contributed by atoms with E-state index in [9.17, 15) is 13.2 Å². The Morgan fingerprint density at radius 1 is 1.11 bits per heavy atom. The third-order valence-electron chi connectivity index (χ3n) is 4.20. The number of hydrogen-bond acceptors (Lipinski definition) is 5. The van der Waals surface area contributed by atoms with E-state index in [0.29, 0.717) is 20.7 Å². The summed E-state index contributed by atoms with van der Waals surface area (Å²) < 4.78 is 33.1. The maximum Gasteiger partial charge on any atom is 0.257 e. The lowest BCUT2D eigenvalue weighted by molar-refractivity contribution is 0.0692. The third-order valence-corrected chi connectivity index (χ3v) is 8.04. The molecule has 1 aromatic carbocycles. The average Bonchev–Trinajstić information content (AvgIpc) is 3.09. The van der Waals surface area contributed by atoms with Crippen molar-refractivity contribution in [3.63, 3.8) is 0 Å². The fourth-order valence-corrected chi connectivity index (χ4v) is 6.12. The van der Waals surface area contributed by atoms with E-state index in [0.717, 1.165) is 11.3 Å². The highest BCUT2D eigenvalue weighted by molar-refractivity contribution is 7.91. The SMILES string of the molecule is CC(C)Oc1ccc(Cl)cc1C(=O)N1CCN(S(=O)(=O)c2ccc(Cl)s2)CC1. The van der Waals surface area contributed by atoms with Crippen LogP contribution in [0.5, 0.6) is 5.75 Å². The molecule has 0 unspecified atom stereocenters. The molecular formula is C18H20Cl2N2O4S2. The van der Waals surface area contributed by atoms with Crippen molar-refractivity contribution >= 4 is 50.5 Å². The van der Waals surface area contributed by atoms with E-state index in [1.165, 1.54) is 10.4 Å². The summed E-state index contributed by atoms with van der Waals surface area (Å²) in [4.78, 5) is 14.6. The van der Waals surface area contributed by atoms with Gasteiger partial charge in [0.1, 0.15) is 9.96 Å². The van der Waals surface area contributed by atoms with Crippen molar-refractivity contribution in [1.82, 2.24) is 9.21 Å². The average molecular weight is 463 g/mol. The van der Waals surface area contributed by atoms with Crippen LogP contribution < -0.4 is 4.74 Å². The molecule has 6 nitrogen and oxygen atoms in total. The van der Waals surface area contributed by atoms with Crippen molar-refractivity contribution in [2.24, 2.45) is 0 Å². The lowest BCUT2D eigenvalue weighted by Crippen LogP contribution is -2.50. The molecule has 3 rings (SSSR count). The zero-order chi connectivity index (χ0) is 20.5. The highest BCUT2D eigenvalue weighted by atomic mass is 35.5. The fraction of sp³-hybridized carbons (Fsp3) is 0.389. The lowest BCUT2D eigenvalue weighted by atomic mass is 10.1. The Bertz CT molecular complexity index is 968. The molecule has 0 spiro atoms. The second-order valence-electron chi connectivity index (χ2n) is 6.56. The van der Waals surface area contributed by atoms with E-state index in [2.05, 4.69) is 0 Å². The van der Waals surface area contributed by atoms with Gasteiger partial charge in [0, 0.05) is 31.2 Å². The maximum absolute atomic E-state index is 13.0. The number of piperazine rings is 1. The number of sulfonamides is 1. The first-order valence-electron chi connectivity index (χ1n) is 8.69. The van der Waals surface area contributed by atoms with Gasteiger partial charge in [-0.05, 0) is 44.2 Å². The molecule has 1 aliphatic heterocycles. The van der Waals surface area contributed by atoms with Gasteiger partial charge in [0.2, 0.25) is 0 Å². The van der Waals surface area contributed by atoms with Crippen LogP contribution in [-0.4, -0.2) is 55.8 Å². The van der Waals surface area contributed by atoms with Crippen LogP contribution in [0.3, 0.4) is 0 Å². The molecule has 1 fully saturated rings. The predicted molar refractivity (Wildman–Crippen MR) is 111 cm³/mol. The van der Waals surface area contributed by atoms with Gasteiger partial charge in [0.15, 0.2) is 0 Å². The van der Waals surface area contributed by atoms with Crippen LogP contribution in [0.15, 0.2) is 34.5 Å². The molecule has 1 saturated heterocycles. The quantitative estimate of drug-likeness (QED) is 0.673. The molecule has 1 amide bonds. The number of amides is 1. The number of nitrogens with zero attached hydrogens (tertiary/aromatic N) is 2. The Kier molecular flexibility index (Phi) is 6.56. The minimum atomic E-state index is -3.60. The standard InChI is InChI=1S/C18H20Cl2N2O4S2/c1-12(2)26-15-4-3-13(19)11-14(15)18(23)21-7-9-22(10-8-21)28(24,25)17-6-5-16(20)27-17/h3-6,11-12H,7-10H2,1-2H3. The summed E-state index contributed by atoms with van der Waals surface area (Å²) in [6, 6.07) is 8.00. The minimum absolute atomic E-state index is 0.0904. The van der Waals surface area contributed by atoms with E-state index < -0.39 is 10.0 Å². The Morgan fingerprint density at radius 2 is 1.79 bits per heavy atom. The van der Waals surface area contributed by atoms with Gasteiger partial charge in [-0.1, -0.05) is 23.2 Å². The van der Waals surface area contributed by atoms with Crippen LogP contribution in [0.4, 0.5) is 0 Å². The molecule has 1 aliphatic rings. The molecule has 28 heavy (non-hydrogen) atoms. The van der Waals surface area contributed by atoms with Crippen molar-refractivity contribution in [3.8, 4) is 5.75 Å². The highest BCUT2D eigenvalue weighted by Gasteiger charge is 2.32. The van der Waals surface area contributed by atoms with Gasteiger partial charge in [-0.3, -0.25) is 4.79 Å². The molecule has 0 bridgehead atoms. The molecule has 0 N–H and O–H groups in total. The summed E-state index contributed by atoms with van der Waals surface area (Å²) in [6.45, 7) is 4.75. The Hall–Kier alpha value is -1.32. The van der Waals surface area contributed by atoms with E-state index in [1.807, 2.05) is 13.8 Å². The Labute approximate surface area is 178 Å². The van der Waals surface area contributed by atoms with E-state index in [4.69, 9.17) is 27.9 Å².